The van der Waals surface area contributed by atoms with Crippen LogP contribution < -0.4 is 5.32 Å². The highest BCUT2D eigenvalue weighted by molar-refractivity contribution is 6.69. The van der Waals surface area contributed by atoms with Gasteiger partial charge in [-0.15, -0.1) is 0 Å². The molecular weight excluding hydrogens is 266 g/mol. The quantitative estimate of drug-likeness (QED) is 0.749. The van der Waals surface area contributed by atoms with Gasteiger partial charge in [0.1, 0.15) is 0 Å². The van der Waals surface area contributed by atoms with Crippen molar-refractivity contribution in [2.24, 2.45) is 0 Å². The van der Waals surface area contributed by atoms with Crippen LogP contribution in [0.25, 0.3) is 16.8 Å². The Balaban J connectivity index is 1.90. The fourth-order valence-electron chi connectivity index (χ4n) is 2.96. The molecule has 0 bridgehead atoms. The third-order valence-electron chi connectivity index (χ3n) is 4.05. The number of hydrogen-bond acceptors (Lipinski definition) is 4. The second-order valence-electron chi connectivity index (χ2n) is 5.37. The van der Waals surface area contributed by atoms with Crippen molar-refractivity contribution in [3.63, 3.8) is 0 Å². The number of ketones is 3. The Kier molecular flexibility index (Phi) is 2.36. The molecule has 4 rings (SSSR count). The van der Waals surface area contributed by atoms with Crippen LogP contribution in [0.4, 0.5) is 5.69 Å². The maximum absolute atomic E-state index is 12.0. The van der Waals surface area contributed by atoms with Crippen LogP contribution in [0.5, 0.6) is 0 Å². The Bertz CT molecular complexity index is 863. The molecule has 0 spiro atoms. The minimum Gasteiger partial charge on any atom is -0.377 e. The highest BCUT2D eigenvalue weighted by Gasteiger charge is 2.39. The van der Waals surface area contributed by atoms with Crippen LogP contribution in [0, 0.1) is 0 Å². The number of anilines is 1. The van der Waals surface area contributed by atoms with Gasteiger partial charge in [0.15, 0.2) is 0 Å². The smallest absolute Gasteiger partial charge is 0.268 e. The minimum absolute atomic E-state index is 0.0443. The molecule has 2 aromatic carbocycles. The summed E-state index contributed by atoms with van der Waals surface area (Å²) in [7, 11) is 0. The third-order valence-corrected chi connectivity index (χ3v) is 4.05. The van der Waals surface area contributed by atoms with Gasteiger partial charge in [0.2, 0.25) is 11.6 Å². The van der Waals surface area contributed by atoms with Gasteiger partial charge in [-0.05, 0) is 34.5 Å². The van der Waals surface area contributed by atoms with Crippen LogP contribution in [0.2, 0.25) is 0 Å². The largest absolute Gasteiger partial charge is 0.377 e. The lowest BCUT2D eigenvalue weighted by molar-refractivity contribution is -0.144. The molecule has 1 fully saturated rings. The van der Waals surface area contributed by atoms with E-state index in [4.69, 9.17) is 0 Å². The normalized spacial score (nSPS) is 20.7. The lowest BCUT2D eigenvalue weighted by Gasteiger charge is -2.29. The Morgan fingerprint density at radius 3 is 2.43 bits per heavy atom. The summed E-state index contributed by atoms with van der Waals surface area (Å²) < 4.78 is 0. The van der Waals surface area contributed by atoms with E-state index in [1.165, 1.54) is 0 Å². The SMILES string of the molecule is O=C1CC2Nc3cc4ccccc4cc3C=C2C(=O)C1=O. The molecule has 2 aromatic rings. The topological polar surface area (TPSA) is 63.2 Å². The molecule has 1 atom stereocenters. The molecule has 0 saturated heterocycles. The van der Waals surface area contributed by atoms with Gasteiger partial charge >= 0.3 is 0 Å². The van der Waals surface area contributed by atoms with Crippen molar-refractivity contribution in [3.05, 3.63) is 47.5 Å². The van der Waals surface area contributed by atoms with Crippen LogP contribution in [-0.4, -0.2) is 23.4 Å². The molecule has 1 aliphatic carbocycles. The first kappa shape index (κ1) is 12.0. The van der Waals surface area contributed by atoms with Gasteiger partial charge < -0.3 is 5.32 Å². The molecule has 1 heterocycles. The average molecular weight is 277 g/mol. The summed E-state index contributed by atoms with van der Waals surface area (Å²) in [6.07, 6.45) is 1.78. The molecular formula is C17H11NO3. The van der Waals surface area contributed by atoms with E-state index in [2.05, 4.69) is 5.32 Å². The predicted molar refractivity (Wildman–Crippen MR) is 79.0 cm³/mol. The van der Waals surface area contributed by atoms with Gasteiger partial charge in [-0.25, -0.2) is 0 Å². The van der Waals surface area contributed by atoms with Gasteiger partial charge in [0.25, 0.3) is 5.78 Å². The lowest BCUT2D eigenvalue weighted by Crippen LogP contribution is -2.43. The lowest BCUT2D eigenvalue weighted by atomic mass is 9.83. The van der Waals surface area contributed by atoms with Crippen LogP contribution in [-0.2, 0) is 14.4 Å². The summed E-state index contributed by atoms with van der Waals surface area (Å²) >= 11 is 0. The number of hydrogen-bond donors (Lipinski definition) is 1. The summed E-state index contributed by atoms with van der Waals surface area (Å²) in [4.78, 5) is 35.0. The third kappa shape index (κ3) is 1.72. The minimum atomic E-state index is -0.900. The van der Waals surface area contributed by atoms with Crippen molar-refractivity contribution in [1.29, 1.82) is 0 Å². The Morgan fingerprint density at radius 2 is 1.67 bits per heavy atom. The second kappa shape index (κ2) is 4.12. The summed E-state index contributed by atoms with van der Waals surface area (Å²) in [5, 5.41) is 5.37. The van der Waals surface area contributed by atoms with Crippen molar-refractivity contribution >= 4 is 39.9 Å². The van der Waals surface area contributed by atoms with Gasteiger partial charge in [-0.1, -0.05) is 24.3 Å². The van der Waals surface area contributed by atoms with Gasteiger partial charge in [-0.3, -0.25) is 14.4 Å². The van der Waals surface area contributed by atoms with E-state index in [0.29, 0.717) is 5.57 Å². The van der Waals surface area contributed by atoms with Crippen LogP contribution in [0.15, 0.2) is 42.0 Å². The molecule has 102 valence electrons. The van der Waals surface area contributed by atoms with Crippen LogP contribution >= 0.6 is 0 Å². The van der Waals surface area contributed by atoms with Crippen molar-refractivity contribution < 1.29 is 14.4 Å². The van der Waals surface area contributed by atoms with Gasteiger partial charge in [0, 0.05) is 17.7 Å². The highest BCUT2D eigenvalue weighted by Crippen LogP contribution is 2.34. The van der Waals surface area contributed by atoms with E-state index in [9.17, 15) is 14.4 Å². The summed E-state index contributed by atoms with van der Waals surface area (Å²) in [6.45, 7) is 0. The Labute approximate surface area is 120 Å². The van der Waals surface area contributed by atoms with Crippen LogP contribution in [0.1, 0.15) is 12.0 Å². The molecule has 2 aliphatic rings. The number of carbonyl (C=O) groups is 3. The van der Waals surface area contributed by atoms with E-state index >= 15 is 0 Å². The zero-order chi connectivity index (χ0) is 14.6. The predicted octanol–water partition coefficient (Wildman–Crippen LogP) is 2.13. The van der Waals surface area contributed by atoms with Crippen molar-refractivity contribution in [3.8, 4) is 0 Å². The molecule has 1 unspecified atom stereocenters. The fourth-order valence-corrected chi connectivity index (χ4v) is 2.96. The van der Waals surface area contributed by atoms with Crippen molar-refractivity contribution in [1.82, 2.24) is 0 Å². The Hall–Kier alpha value is -2.75. The maximum Gasteiger partial charge on any atom is 0.268 e. The first-order valence-electron chi connectivity index (χ1n) is 6.76. The zero-order valence-corrected chi connectivity index (χ0v) is 11.1. The van der Waals surface area contributed by atoms with Crippen molar-refractivity contribution in [2.45, 2.75) is 12.5 Å². The molecule has 1 aliphatic heterocycles. The molecule has 21 heavy (non-hydrogen) atoms. The first-order valence-corrected chi connectivity index (χ1v) is 6.76. The van der Waals surface area contributed by atoms with E-state index in [0.717, 1.165) is 22.0 Å². The number of carbonyl (C=O) groups excluding carboxylic acids is 3. The van der Waals surface area contributed by atoms with Crippen LogP contribution in [0.3, 0.4) is 0 Å². The molecule has 1 saturated carbocycles. The monoisotopic (exact) mass is 277 g/mol. The molecule has 0 amide bonds. The molecule has 4 heteroatoms. The molecule has 0 radical (unpaired) electrons. The highest BCUT2D eigenvalue weighted by atomic mass is 16.2. The molecule has 0 aromatic heterocycles. The summed E-state index contributed by atoms with van der Waals surface area (Å²) in [6, 6.07) is 11.5. The summed E-state index contributed by atoms with van der Waals surface area (Å²) in [5.74, 6) is -2.19. The second-order valence-corrected chi connectivity index (χ2v) is 5.37. The van der Waals surface area contributed by atoms with E-state index in [-0.39, 0.29) is 6.42 Å². The van der Waals surface area contributed by atoms with E-state index in [1.54, 1.807) is 6.08 Å². The molecule has 4 nitrogen and oxygen atoms in total. The standard InChI is InChI=1S/C17H11NO3/c19-15-8-14-12(16(20)17(15)21)6-11-5-9-3-1-2-4-10(9)7-13(11)18-14/h1-7,14,18H,8H2. The Morgan fingerprint density at radius 1 is 0.952 bits per heavy atom. The van der Waals surface area contributed by atoms with Crippen molar-refractivity contribution in [2.75, 3.05) is 5.32 Å². The number of benzene rings is 2. The fraction of sp³-hybridized carbons (Fsp3) is 0.118. The van der Waals surface area contributed by atoms with Gasteiger partial charge in [-0.2, -0.15) is 0 Å². The maximum atomic E-state index is 12.0. The average Bonchev–Trinajstić information content (AvgIpc) is 2.49. The van der Waals surface area contributed by atoms with E-state index in [1.807, 2.05) is 36.4 Å². The number of nitrogens with one attached hydrogen (secondary N) is 1. The number of Topliss-reactive ketones (excluding diaryl/α,β-unsaturated/α-hetero) is 3. The first-order chi connectivity index (χ1) is 10.1. The molecule has 1 N–H and O–H groups in total. The zero-order valence-electron chi connectivity index (χ0n) is 11.1. The number of rotatable bonds is 0. The van der Waals surface area contributed by atoms with Gasteiger partial charge in [0.05, 0.1) is 6.04 Å². The number of fused-ring (bicyclic) bond motifs is 3. The summed E-state index contributed by atoms with van der Waals surface area (Å²) in [5.41, 5.74) is 2.15. The van der Waals surface area contributed by atoms with E-state index < -0.39 is 23.4 Å².